The largest absolute Gasteiger partial charge is 0.185 e. The fourth-order valence-corrected chi connectivity index (χ4v) is 1.07. The Bertz CT molecular complexity index is 341. The van der Waals surface area contributed by atoms with Gasteiger partial charge in [-0.3, -0.25) is 0 Å². The molecule has 0 amide bonds. The number of aromatic nitrogens is 3. The first-order valence-electron chi connectivity index (χ1n) is 4.34. The molecule has 3 nitrogen and oxygen atoms in total. The Morgan fingerprint density at radius 3 is 1.62 bits per heavy atom. The Morgan fingerprint density at radius 1 is 1.00 bits per heavy atom. The average Bonchev–Trinajstić information content (AvgIpc) is 2.64. The third kappa shape index (κ3) is 1.59. The zero-order valence-electron chi connectivity index (χ0n) is 7.51. The SMILES string of the molecule is CCn1nccn1.c1cc2ccc1-2. The van der Waals surface area contributed by atoms with Gasteiger partial charge in [-0.25, -0.2) is 0 Å². The molecular formula is C10H11N3. The van der Waals surface area contributed by atoms with Crippen LogP contribution in [0.15, 0.2) is 36.7 Å². The first kappa shape index (κ1) is 7.98. The molecule has 0 saturated heterocycles. The van der Waals surface area contributed by atoms with Gasteiger partial charge in [0, 0.05) is 0 Å². The molecule has 0 aliphatic heterocycles. The highest BCUT2D eigenvalue weighted by Gasteiger charge is 2.03. The maximum absolute atomic E-state index is 3.84. The standard InChI is InChI=1S/C6H4.C4H7N3/c1-2-6-4-3-5(1)6;1-2-7-5-3-4-6-7/h1-4H;3-4H,2H2,1H3. The van der Waals surface area contributed by atoms with Crippen molar-refractivity contribution in [3.05, 3.63) is 36.7 Å². The van der Waals surface area contributed by atoms with E-state index in [-0.39, 0.29) is 0 Å². The van der Waals surface area contributed by atoms with Crippen LogP contribution in [-0.2, 0) is 6.54 Å². The van der Waals surface area contributed by atoms with Crippen molar-refractivity contribution in [2.24, 2.45) is 0 Å². The van der Waals surface area contributed by atoms with Gasteiger partial charge < -0.3 is 0 Å². The zero-order valence-corrected chi connectivity index (χ0v) is 7.51. The Labute approximate surface area is 77.0 Å². The van der Waals surface area contributed by atoms with Gasteiger partial charge in [-0.05, 0) is 18.1 Å². The molecule has 1 heterocycles. The van der Waals surface area contributed by atoms with Crippen molar-refractivity contribution < 1.29 is 0 Å². The predicted octanol–water partition coefficient (Wildman–Crippen LogP) is 1.96. The number of rotatable bonds is 1. The fraction of sp³-hybridized carbons (Fsp3) is 0.200. The number of aryl methyl sites for hydroxylation is 1. The van der Waals surface area contributed by atoms with E-state index in [0.29, 0.717) is 0 Å². The Hall–Kier alpha value is -1.64. The predicted molar refractivity (Wildman–Crippen MR) is 51.1 cm³/mol. The van der Waals surface area contributed by atoms with Crippen molar-refractivity contribution in [3.8, 4) is 11.1 Å². The maximum Gasteiger partial charge on any atom is 0.0693 e. The third-order valence-corrected chi connectivity index (χ3v) is 1.97. The van der Waals surface area contributed by atoms with E-state index in [1.54, 1.807) is 17.2 Å². The molecule has 0 aromatic carbocycles. The molecule has 0 unspecified atom stereocenters. The number of hydrogen-bond acceptors (Lipinski definition) is 2. The molecule has 0 saturated carbocycles. The molecular weight excluding hydrogens is 162 g/mol. The van der Waals surface area contributed by atoms with E-state index >= 15 is 0 Å². The highest BCUT2D eigenvalue weighted by Crippen LogP contribution is 2.29. The summed E-state index contributed by atoms with van der Waals surface area (Å²) in [5.74, 6) is 0. The molecule has 1 aromatic rings. The molecule has 0 fully saturated rings. The lowest BCUT2D eigenvalue weighted by molar-refractivity contribution is 0.569. The van der Waals surface area contributed by atoms with Crippen LogP contribution in [0, 0.1) is 0 Å². The smallest absolute Gasteiger partial charge is 0.0693 e. The van der Waals surface area contributed by atoms with Crippen molar-refractivity contribution in [1.29, 1.82) is 0 Å². The summed E-state index contributed by atoms with van der Waals surface area (Å²) in [5.41, 5.74) is 2.85. The van der Waals surface area contributed by atoms with Crippen LogP contribution in [0.1, 0.15) is 6.92 Å². The lowest BCUT2D eigenvalue weighted by atomic mass is 9.95. The molecule has 2 aliphatic rings. The summed E-state index contributed by atoms with van der Waals surface area (Å²) in [6, 6.07) is 8.48. The second-order valence-corrected chi connectivity index (χ2v) is 2.79. The summed E-state index contributed by atoms with van der Waals surface area (Å²) in [6.07, 6.45) is 3.34. The summed E-state index contributed by atoms with van der Waals surface area (Å²) in [5, 5.41) is 7.68. The van der Waals surface area contributed by atoms with Gasteiger partial charge >= 0.3 is 0 Å². The fourth-order valence-electron chi connectivity index (χ4n) is 1.07. The summed E-state index contributed by atoms with van der Waals surface area (Å²) < 4.78 is 0. The normalized spacial score (nSPS) is 10.2. The monoisotopic (exact) mass is 173 g/mol. The summed E-state index contributed by atoms with van der Waals surface area (Å²) >= 11 is 0. The number of benzene rings is 1. The molecule has 3 heteroatoms. The van der Waals surface area contributed by atoms with Gasteiger partial charge in [0.1, 0.15) is 0 Å². The molecule has 3 rings (SSSR count). The summed E-state index contributed by atoms with van der Waals surface area (Å²) in [6.45, 7) is 2.85. The quantitative estimate of drug-likeness (QED) is 0.563. The van der Waals surface area contributed by atoms with E-state index in [1.165, 1.54) is 11.1 Å². The van der Waals surface area contributed by atoms with Crippen LogP contribution in [0.2, 0.25) is 0 Å². The van der Waals surface area contributed by atoms with Crippen molar-refractivity contribution >= 4 is 0 Å². The van der Waals surface area contributed by atoms with Gasteiger partial charge in [0.05, 0.1) is 18.9 Å². The topological polar surface area (TPSA) is 30.7 Å². The lowest BCUT2D eigenvalue weighted by Crippen LogP contribution is -1.96. The summed E-state index contributed by atoms with van der Waals surface area (Å²) in [7, 11) is 0. The van der Waals surface area contributed by atoms with Gasteiger partial charge in [-0.2, -0.15) is 15.0 Å². The average molecular weight is 173 g/mol. The molecule has 0 spiro atoms. The van der Waals surface area contributed by atoms with Crippen molar-refractivity contribution in [3.63, 3.8) is 0 Å². The molecule has 66 valence electrons. The van der Waals surface area contributed by atoms with Crippen LogP contribution < -0.4 is 0 Å². The summed E-state index contributed by atoms with van der Waals surface area (Å²) in [4.78, 5) is 1.62. The third-order valence-electron chi connectivity index (χ3n) is 1.97. The Morgan fingerprint density at radius 2 is 1.46 bits per heavy atom. The first-order chi connectivity index (χ1) is 6.40. The van der Waals surface area contributed by atoms with Crippen LogP contribution in [-0.4, -0.2) is 15.0 Å². The Kier molecular flexibility index (Phi) is 2.08. The first-order valence-corrected chi connectivity index (χ1v) is 4.34. The van der Waals surface area contributed by atoms with E-state index in [4.69, 9.17) is 0 Å². The lowest BCUT2D eigenvalue weighted by Gasteiger charge is -2.10. The van der Waals surface area contributed by atoms with Crippen LogP contribution in [0.25, 0.3) is 11.1 Å². The van der Waals surface area contributed by atoms with Crippen LogP contribution in [0.5, 0.6) is 0 Å². The van der Waals surface area contributed by atoms with E-state index in [1.807, 2.05) is 6.92 Å². The van der Waals surface area contributed by atoms with Crippen LogP contribution >= 0.6 is 0 Å². The van der Waals surface area contributed by atoms with Gasteiger partial charge in [0.15, 0.2) is 0 Å². The van der Waals surface area contributed by atoms with Crippen molar-refractivity contribution in [2.75, 3.05) is 0 Å². The maximum atomic E-state index is 3.84. The van der Waals surface area contributed by atoms with E-state index in [9.17, 15) is 0 Å². The van der Waals surface area contributed by atoms with E-state index < -0.39 is 0 Å². The van der Waals surface area contributed by atoms with Gasteiger partial charge in [0.2, 0.25) is 0 Å². The Balaban J connectivity index is 0.000000101. The molecule has 1 aromatic heterocycles. The second kappa shape index (κ2) is 3.39. The van der Waals surface area contributed by atoms with Gasteiger partial charge in [-0.1, -0.05) is 24.3 Å². The van der Waals surface area contributed by atoms with Crippen molar-refractivity contribution in [2.45, 2.75) is 13.5 Å². The van der Waals surface area contributed by atoms with E-state index in [2.05, 4.69) is 34.5 Å². The molecule has 0 bridgehead atoms. The molecule has 0 N–H and O–H groups in total. The molecule has 2 aliphatic carbocycles. The molecule has 0 atom stereocenters. The minimum absolute atomic E-state index is 0.854. The van der Waals surface area contributed by atoms with Gasteiger partial charge in [-0.15, -0.1) is 0 Å². The van der Waals surface area contributed by atoms with Crippen LogP contribution in [0.4, 0.5) is 0 Å². The highest BCUT2D eigenvalue weighted by molar-refractivity contribution is 5.75. The molecule has 13 heavy (non-hydrogen) atoms. The van der Waals surface area contributed by atoms with Crippen molar-refractivity contribution in [1.82, 2.24) is 15.0 Å². The van der Waals surface area contributed by atoms with Crippen LogP contribution in [0.3, 0.4) is 0 Å². The van der Waals surface area contributed by atoms with E-state index in [0.717, 1.165) is 6.54 Å². The minimum Gasteiger partial charge on any atom is -0.185 e. The number of fused-ring (bicyclic) bond motifs is 1. The highest BCUT2D eigenvalue weighted by atomic mass is 15.5. The minimum atomic E-state index is 0.854. The number of hydrogen-bond donors (Lipinski definition) is 0. The molecule has 0 radical (unpaired) electrons. The van der Waals surface area contributed by atoms with Gasteiger partial charge in [0.25, 0.3) is 0 Å². The zero-order chi connectivity index (χ0) is 9.10. The number of nitrogens with zero attached hydrogens (tertiary/aromatic N) is 3. The second-order valence-electron chi connectivity index (χ2n) is 2.79.